The molecule has 1 aromatic rings. The predicted molar refractivity (Wildman–Crippen MR) is 101 cm³/mol. The molecule has 10 heteroatoms. The lowest BCUT2D eigenvalue weighted by Crippen LogP contribution is -2.49. The van der Waals surface area contributed by atoms with E-state index in [0.29, 0.717) is 24.1 Å². The quantitative estimate of drug-likeness (QED) is 0.708. The molecule has 2 rings (SSSR count). The number of urea groups is 1. The van der Waals surface area contributed by atoms with Gasteiger partial charge in [0.2, 0.25) is 5.91 Å². The normalized spacial score (nSPS) is 17.0. The fraction of sp³-hybridized carbons (Fsp3) is 0.526. The van der Waals surface area contributed by atoms with Crippen LogP contribution in [0.2, 0.25) is 0 Å². The largest absolute Gasteiger partial charge is 0.405 e. The zero-order chi connectivity index (χ0) is 21.8. The predicted octanol–water partition coefficient (Wildman–Crippen LogP) is 2.89. The fourth-order valence-corrected chi connectivity index (χ4v) is 2.90. The van der Waals surface area contributed by atoms with Gasteiger partial charge in [0.05, 0.1) is 0 Å². The number of nitrogens with zero attached hydrogens (tertiary/aromatic N) is 1. The summed E-state index contributed by atoms with van der Waals surface area (Å²) < 4.78 is 36.9. The molecule has 160 valence electrons. The van der Waals surface area contributed by atoms with Crippen LogP contribution in [-0.4, -0.2) is 53.6 Å². The SMILES string of the molecule is CC(C)(C)NC(=O)c1ccc(NC(=O)N2CCC[C@@H]2C(=O)NCC(F)(F)F)cc1. The number of nitrogens with one attached hydrogen (secondary N) is 3. The molecule has 1 saturated heterocycles. The number of halogens is 3. The fourth-order valence-electron chi connectivity index (χ4n) is 2.90. The minimum atomic E-state index is -4.51. The zero-order valence-corrected chi connectivity index (χ0v) is 16.5. The summed E-state index contributed by atoms with van der Waals surface area (Å²) in [5.74, 6) is -1.08. The van der Waals surface area contributed by atoms with Crippen molar-refractivity contribution in [2.45, 2.75) is 51.4 Å². The Bertz CT molecular complexity index is 757. The molecule has 4 amide bonds. The van der Waals surface area contributed by atoms with E-state index in [-0.39, 0.29) is 18.0 Å². The van der Waals surface area contributed by atoms with Crippen molar-refractivity contribution >= 4 is 23.5 Å². The van der Waals surface area contributed by atoms with Crippen LogP contribution in [0, 0.1) is 0 Å². The van der Waals surface area contributed by atoms with Crippen LogP contribution in [0.15, 0.2) is 24.3 Å². The first-order chi connectivity index (χ1) is 13.4. The first kappa shape index (κ1) is 22.5. The van der Waals surface area contributed by atoms with Crippen LogP contribution >= 0.6 is 0 Å². The van der Waals surface area contributed by atoms with E-state index >= 15 is 0 Å². The molecule has 0 spiro atoms. The second-order valence-electron chi connectivity index (χ2n) is 7.90. The van der Waals surface area contributed by atoms with E-state index in [2.05, 4.69) is 10.6 Å². The molecule has 1 atom stereocenters. The summed E-state index contributed by atoms with van der Waals surface area (Å²) in [6.45, 7) is 4.41. The number of benzene rings is 1. The second-order valence-corrected chi connectivity index (χ2v) is 7.90. The molecule has 0 aromatic heterocycles. The van der Waals surface area contributed by atoms with Crippen molar-refractivity contribution < 1.29 is 27.6 Å². The molecule has 0 bridgehead atoms. The van der Waals surface area contributed by atoms with Crippen LogP contribution < -0.4 is 16.0 Å². The third-order valence-corrected chi connectivity index (χ3v) is 4.17. The van der Waals surface area contributed by atoms with Crippen molar-refractivity contribution in [3.63, 3.8) is 0 Å². The van der Waals surface area contributed by atoms with Gasteiger partial charge in [0.1, 0.15) is 12.6 Å². The van der Waals surface area contributed by atoms with E-state index in [4.69, 9.17) is 0 Å². The highest BCUT2D eigenvalue weighted by molar-refractivity contribution is 5.97. The van der Waals surface area contributed by atoms with Gasteiger partial charge < -0.3 is 20.9 Å². The number of anilines is 1. The Hall–Kier alpha value is -2.78. The molecule has 29 heavy (non-hydrogen) atoms. The van der Waals surface area contributed by atoms with E-state index < -0.39 is 30.7 Å². The van der Waals surface area contributed by atoms with Crippen LogP contribution in [0.4, 0.5) is 23.7 Å². The maximum absolute atomic E-state index is 12.5. The van der Waals surface area contributed by atoms with Gasteiger partial charge in [-0.3, -0.25) is 9.59 Å². The molecule has 0 aliphatic carbocycles. The summed E-state index contributed by atoms with van der Waals surface area (Å²) in [5, 5.41) is 7.25. The van der Waals surface area contributed by atoms with Crippen molar-refractivity contribution in [3.8, 4) is 0 Å². The average Bonchev–Trinajstić information content (AvgIpc) is 3.08. The second kappa shape index (κ2) is 8.71. The highest BCUT2D eigenvalue weighted by Gasteiger charge is 2.36. The summed E-state index contributed by atoms with van der Waals surface area (Å²) in [6, 6.07) is 4.66. The lowest BCUT2D eigenvalue weighted by Gasteiger charge is -2.24. The van der Waals surface area contributed by atoms with Crippen LogP contribution in [0.25, 0.3) is 0 Å². The molecule has 1 aliphatic heterocycles. The van der Waals surface area contributed by atoms with Gasteiger partial charge in [0.15, 0.2) is 0 Å². The number of alkyl halides is 3. The van der Waals surface area contributed by atoms with Crippen LogP contribution in [0.5, 0.6) is 0 Å². The van der Waals surface area contributed by atoms with E-state index in [1.807, 2.05) is 26.1 Å². The van der Waals surface area contributed by atoms with Gasteiger partial charge in [-0.2, -0.15) is 13.2 Å². The Labute approximate surface area is 167 Å². The van der Waals surface area contributed by atoms with Gasteiger partial charge in [0.25, 0.3) is 5.91 Å². The minimum absolute atomic E-state index is 0.253. The van der Waals surface area contributed by atoms with Crippen molar-refractivity contribution in [2.75, 3.05) is 18.4 Å². The molecule has 1 heterocycles. The number of rotatable bonds is 4. The third kappa shape index (κ3) is 6.95. The highest BCUT2D eigenvalue weighted by Crippen LogP contribution is 2.20. The smallest absolute Gasteiger partial charge is 0.347 e. The van der Waals surface area contributed by atoms with E-state index in [1.165, 1.54) is 4.90 Å². The maximum atomic E-state index is 12.5. The molecule has 1 aliphatic rings. The van der Waals surface area contributed by atoms with Crippen LogP contribution in [0.1, 0.15) is 44.0 Å². The third-order valence-electron chi connectivity index (χ3n) is 4.17. The molecule has 3 N–H and O–H groups in total. The Balaban J connectivity index is 1.96. The Morgan fingerprint density at radius 2 is 1.72 bits per heavy atom. The van der Waals surface area contributed by atoms with Crippen molar-refractivity contribution in [2.24, 2.45) is 0 Å². The van der Waals surface area contributed by atoms with Gasteiger partial charge in [-0.1, -0.05) is 0 Å². The first-order valence-electron chi connectivity index (χ1n) is 9.20. The lowest BCUT2D eigenvalue weighted by atomic mass is 10.1. The number of hydrogen-bond donors (Lipinski definition) is 3. The topological polar surface area (TPSA) is 90.5 Å². The van der Waals surface area contributed by atoms with Gasteiger partial charge in [0, 0.05) is 23.3 Å². The molecular formula is C19H25F3N4O3. The molecule has 7 nitrogen and oxygen atoms in total. The van der Waals surface area contributed by atoms with E-state index in [0.717, 1.165) is 0 Å². The number of amides is 4. The first-order valence-corrected chi connectivity index (χ1v) is 9.20. The summed E-state index contributed by atoms with van der Waals surface area (Å²) in [6.07, 6.45) is -3.70. The summed E-state index contributed by atoms with van der Waals surface area (Å²) in [4.78, 5) is 37.8. The van der Waals surface area contributed by atoms with Crippen LogP contribution in [-0.2, 0) is 4.79 Å². The Morgan fingerprint density at radius 3 is 2.28 bits per heavy atom. The molecule has 1 fully saturated rings. The van der Waals surface area contributed by atoms with Gasteiger partial charge in [-0.25, -0.2) is 4.79 Å². The van der Waals surface area contributed by atoms with Crippen molar-refractivity contribution in [3.05, 3.63) is 29.8 Å². The standard InChI is InChI=1S/C19H25F3N4O3/c1-18(2,3)25-15(27)12-6-8-13(9-7-12)24-17(29)26-10-4-5-14(26)16(28)23-11-19(20,21)22/h6-9,14H,4-5,10-11H2,1-3H3,(H,23,28)(H,24,29)(H,25,27)/t14-/m1/s1. The lowest BCUT2D eigenvalue weighted by molar-refractivity contribution is -0.140. The van der Waals surface area contributed by atoms with Gasteiger partial charge in [-0.15, -0.1) is 0 Å². The average molecular weight is 414 g/mol. The highest BCUT2D eigenvalue weighted by atomic mass is 19.4. The van der Waals surface area contributed by atoms with E-state index in [9.17, 15) is 27.6 Å². The summed E-state index contributed by atoms with van der Waals surface area (Å²) in [5.41, 5.74) is 0.439. The molecule has 0 unspecified atom stereocenters. The zero-order valence-electron chi connectivity index (χ0n) is 16.5. The molecule has 0 radical (unpaired) electrons. The molecular weight excluding hydrogens is 389 g/mol. The summed E-state index contributed by atoms with van der Waals surface area (Å²) >= 11 is 0. The molecule has 1 aromatic carbocycles. The Morgan fingerprint density at radius 1 is 1.10 bits per heavy atom. The minimum Gasteiger partial charge on any atom is -0.347 e. The van der Waals surface area contributed by atoms with Gasteiger partial charge >= 0.3 is 12.2 Å². The number of likely N-dealkylation sites (tertiary alicyclic amines) is 1. The molecule has 0 saturated carbocycles. The van der Waals surface area contributed by atoms with Crippen LogP contribution in [0.3, 0.4) is 0 Å². The monoisotopic (exact) mass is 414 g/mol. The van der Waals surface area contributed by atoms with Crippen molar-refractivity contribution in [1.29, 1.82) is 0 Å². The van der Waals surface area contributed by atoms with E-state index in [1.54, 1.807) is 24.3 Å². The number of carbonyl (C=O) groups excluding carboxylic acids is 3. The number of hydrogen-bond acceptors (Lipinski definition) is 3. The summed E-state index contributed by atoms with van der Waals surface area (Å²) in [7, 11) is 0. The Kier molecular flexibility index (Phi) is 6.76. The van der Waals surface area contributed by atoms with Gasteiger partial charge in [-0.05, 0) is 57.9 Å². The maximum Gasteiger partial charge on any atom is 0.405 e. The van der Waals surface area contributed by atoms with Crippen molar-refractivity contribution in [1.82, 2.24) is 15.5 Å². The number of carbonyl (C=O) groups is 3.